The first-order chi connectivity index (χ1) is 9.08. The molecule has 0 saturated heterocycles. The molecule has 1 aromatic heterocycles. The van der Waals surface area contributed by atoms with E-state index in [4.69, 9.17) is 0 Å². The lowest BCUT2D eigenvalue weighted by Gasteiger charge is -2.17. The molecule has 0 spiro atoms. The van der Waals surface area contributed by atoms with Gasteiger partial charge in [0.1, 0.15) is 0 Å². The number of tetrazole rings is 1. The summed E-state index contributed by atoms with van der Waals surface area (Å²) >= 11 is 0. The van der Waals surface area contributed by atoms with Gasteiger partial charge < -0.3 is 5.32 Å². The number of H-pyrrole nitrogens is 1. The molecule has 2 aromatic rings. The minimum Gasteiger partial charge on any atom is -0.301 e. The van der Waals surface area contributed by atoms with Crippen LogP contribution in [0.2, 0.25) is 0 Å². The molecular weight excluding hydrogens is 248 g/mol. The Kier molecular flexibility index (Phi) is 3.81. The van der Waals surface area contributed by atoms with Gasteiger partial charge in [-0.15, -0.1) is 10.2 Å². The van der Waals surface area contributed by atoms with E-state index in [1.54, 1.807) is 12.1 Å². The van der Waals surface area contributed by atoms with Gasteiger partial charge in [-0.25, -0.2) is 0 Å². The SMILES string of the molecule is CC(NC(C)c1nn[nH]n1)c1ccc([N+](=O)[O-])cc1. The van der Waals surface area contributed by atoms with Crippen LogP contribution in [0.1, 0.15) is 37.3 Å². The van der Waals surface area contributed by atoms with Crippen LogP contribution < -0.4 is 5.32 Å². The minimum atomic E-state index is -0.413. The Morgan fingerprint density at radius 1 is 1.26 bits per heavy atom. The average Bonchev–Trinajstić information content (AvgIpc) is 2.92. The van der Waals surface area contributed by atoms with E-state index in [1.807, 2.05) is 13.8 Å². The zero-order valence-electron chi connectivity index (χ0n) is 10.6. The van der Waals surface area contributed by atoms with E-state index in [1.165, 1.54) is 12.1 Å². The second-order valence-electron chi connectivity index (χ2n) is 4.23. The molecular formula is C11H14N6O2. The van der Waals surface area contributed by atoms with Crippen LogP contribution in [0.15, 0.2) is 24.3 Å². The summed E-state index contributed by atoms with van der Waals surface area (Å²) in [5.41, 5.74) is 1.04. The number of nitrogens with one attached hydrogen (secondary N) is 2. The van der Waals surface area contributed by atoms with Crippen molar-refractivity contribution >= 4 is 5.69 Å². The normalized spacial score (nSPS) is 14.0. The third-order valence-electron chi connectivity index (χ3n) is 2.85. The summed E-state index contributed by atoms with van der Waals surface area (Å²) in [4.78, 5) is 10.2. The van der Waals surface area contributed by atoms with Crippen LogP contribution in [0.25, 0.3) is 0 Å². The molecule has 2 rings (SSSR count). The van der Waals surface area contributed by atoms with Crippen molar-refractivity contribution in [3.63, 3.8) is 0 Å². The Balaban J connectivity index is 2.03. The summed E-state index contributed by atoms with van der Waals surface area (Å²) < 4.78 is 0. The number of non-ortho nitro benzene ring substituents is 1. The molecule has 0 bridgehead atoms. The Bertz CT molecular complexity index is 539. The number of benzene rings is 1. The molecule has 0 radical (unpaired) electrons. The van der Waals surface area contributed by atoms with E-state index >= 15 is 0 Å². The first-order valence-electron chi connectivity index (χ1n) is 5.81. The molecule has 0 aliphatic rings. The molecule has 1 aromatic carbocycles. The third kappa shape index (κ3) is 3.10. The molecule has 2 N–H and O–H groups in total. The lowest BCUT2D eigenvalue weighted by atomic mass is 10.1. The van der Waals surface area contributed by atoms with Crippen LogP contribution in [0.4, 0.5) is 5.69 Å². The van der Waals surface area contributed by atoms with Gasteiger partial charge in [0, 0.05) is 18.2 Å². The molecule has 1 heterocycles. The molecule has 2 unspecified atom stereocenters. The first kappa shape index (κ1) is 13.1. The summed E-state index contributed by atoms with van der Waals surface area (Å²) in [7, 11) is 0. The second kappa shape index (κ2) is 5.53. The van der Waals surface area contributed by atoms with E-state index in [0.717, 1.165) is 5.56 Å². The lowest BCUT2D eigenvalue weighted by Crippen LogP contribution is -2.23. The number of hydrogen-bond donors (Lipinski definition) is 2. The Morgan fingerprint density at radius 3 is 2.47 bits per heavy atom. The van der Waals surface area contributed by atoms with E-state index < -0.39 is 4.92 Å². The molecule has 0 fully saturated rings. The van der Waals surface area contributed by atoms with Gasteiger partial charge in [-0.1, -0.05) is 17.3 Å². The lowest BCUT2D eigenvalue weighted by molar-refractivity contribution is -0.384. The molecule has 8 heteroatoms. The fourth-order valence-electron chi connectivity index (χ4n) is 1.78. The standard InChI is InChI=1S/C11H14N6O2/c1-7(12-8(2)11-13-15-16-14-11)9-3-5-10(6-4-9)17(18)19/h3-8,12H,1-2H3,(H,13,14,15,16). The van der Waals surface area contributed by atoms with Gasteiger partial charge in [0.2, 0.25) is 0 Å². The summed E-state index contributed by atoms with van der Waals surface area (Å²) in [6, 6.07) is 6.41. The summed E-state index contributed by atoms with van der Waals surface area (Å²) in [6.45, 7) is 3.89. The highest BCUT2D eigenvalue weighted by Crippen LogP contribution is 2.19. The third-order valence-corrected chi connectivity index (χ3v) is 2.85. The van der Waals surface area contributed by atoms with Gasteiger partial charge >= 0.3 is 0 Å². The van der Waals surface area contributed by atoms with Crippen molar-refractivity contribution in [1.29, 1.82) is 0 Å². The van der Waals surface area contributed by atoms with Crippen molar-refractivity contribution in [2.45, 2.75) is 25.9 Å². The fraction of sp³-hybridized carbons (Fsp3) is 0.364. The largest absolute Gasteiger partial charge is 0.301 e. The average molecular weight is 262 g/mol. The Hall–Kier alpha value is -2.35. The van der Waals surface area contributed by atoms with E-state index in [-0.39, 0.29) is 17.8 Å². The van der Waals surface area contributed by atoms with Crippen molar-refractivity contribution in [2.24, 2.45) is 0 Å². The zero-order valence-corrected chi connectivity index (χ0v) is 10.6. The van der Waals surface area contributed by atoms with E-state index in [2.05, 4.69) is 25.9 Å². The maximum absolute atomic E-state index is 10.6. The molecule has 100 valence electrons. The highest BCUT2D eigenvalue weighted by atomic mass is 16.6. The number of aromatic amines is 1. The number of hydrogen-bond acceptors (Lipinski definition) is 6. The molecule has 0 aliphatic carbocycles. The van der Waals surface area contributed by atoms with Crippen LogP contribution in [0.5, 0.6) is 0 Å². The van der Waals surface area contributed by atoms with Crippen molar-refractivity contribution in [3.8, 4) is 0 Å². The smallest absolute Gasteiger partial charge is 0.269 e. The highest BCUT2D eigenvalue weighted by molar-refractivity contribution is 5.34. The maximum atomic E-state index is 10.6. The maximum Gasteiger partial charge on any atom is 0.269 e. The zero-order chi connectivity index (χ0) is 13.8. The van der Waals surface area contributed by atoms with Crippen LogP contribution in [0.3, 0.4) is 0 Å². The van der Waals surface area contributed by atoms with E-state index in [9.17, 15) is 10.1 Å². The number of rotatable bonds is 5. The van der Waals surface area contributed by atoms with Gasteiger partial charge in [0.05, 0.1) is 11.0 Å². The van der Waals surface area contributed by atoms with Crippen molar-refractivity contribution in [2.75, 3.05) is 0 Å². The topological polar surface area (TPSA) is 110 Å². The molecule has 19 heavy (non-hydrogen) atoms. The number of nitro groups is 1. The van der Waals surface area contributed by atoms with Crippen molar-refractivity contribution in [3.05, 3.63) is 45.8 Å². The number of aromatic nitrogens is 4. The van der Waals surface area contributed by atoms with E-state index in [0.29, 0.717) is 5.82 Å². The van der Waals surface area contributed by atoms with Gasteiger partial charge in [0.25, 0.3) is 5.69 Å². The van der Waals surface area contributed by atoms with Crippen LogP contribution in [0, 0.1) is 10.1 Å². The van der Waals surface area contributed by atoms with Crippen LogP contribution in [-0.4, -0.2) is 25.5 Å². The predicted molar refractivity (Wildman–Crippen MR) is 67.2 cm³/mol. The predicted octanol–water partition coefficient (Wildman–Crippen LogP) is 1.52. The van der Waals surface area contributed by atoms with Gasteiger partial charge in [0.15, 0.2) is 5.82 Å². The highest BCUT2D eigenvalue weighted by Gasteiger charge is 2.15. The second-order valence-corrected chi connectivity index (χ2v) is 4.23. The monoisotopic (exact) mass is 262 g/mol. The minimum absolute atomic E-state index is 0.0225. The Morgan fingerprint density at radius 2 is 1.95 bits per heavy atom. The first-order valence-corrected chi connectivity index (χ1v) is 5.81. The quantitative estimate of drug-likeness (QED) is 0.624. The summed E-state index contributed by atoms with van der Waals surface area (Å²) in [5, 5.41) is 27.6. The number of nitrogens with zero attached hydrogens (tertiary/aromatic N) is 4. The van der Waals surface area contributed by atoms with Crippen LogP contribution in [-0.2, 0) is 0 Å². The molecule has 2 atom stereocenters. The van der Waals surface area contributed by atoms with Crippen molar-refractivity contribution < 1.29 is 4.92 Å². The van der Waals surface area contributed by atoms with Gasteiger partial charge in [-0.05, 0) is 19.4 Å². The van der Waals surface area contributed by atoms with Gasteiger partial charge in [-0.2, -0.15) is 5.21 Å². The summed E-state index contributed by atoms with van der Waals surface area (Å²) in [6.07, 6.45) is 0. The molecule has 0 amide bonds. The summed E-state index contributed by atoms with van der Waals surface area (Å²) in [5.74, 6) is 0.578. The van der Waals surface area contributed by atoms with Crippen molar-refractivity contribution in [1.82, 2.24) is 25.9 Å². The number of nitro benzene ring substituents is 1. The Labute approximate surface area is 109 Å². The molecule has 0 aliphatic heterocycles. The molecule has 8 nitrogen and oxygen atoms in total. The molecule has 0 saturated carbocycles. The van der Waals surface area contributed by atoms with Gasteiger partial charge in [-0.3, -0.25) is 10.1 Å². The van der Waals surface area contributed by atoms with Crippen LogP contribution >= 0.6 is 0 Å². The fourth-order valence-corrected chi connectivity index (χ4v) is 1.78.